The van der Waals surface area contributed by atoms with Gasteiger partial charge < -0.3 is 4.18 Å². The largest absolute Gasteiger partial charge is 0.378 e. The molecule has 12 heavy (non-hydrogen) atoms. The van der Waals surface area contributed by atoms with Crippen LogP contribution < -0.4 is 4.18 Å². The third-order valence-electron chi connectivity index (χ3n) is 1.05. The SMILES string of the molecule is O=S(O)Oc1cc(Cl)ccc1Cl. The molecule has 0 bridgehead atoms. The van der Waals surface area contributed by atoms with Crippen LogP contribution in [0.25, 0.3) is 0 Å². The Balaban J connectivity index is 2.97. The van der Waals surface area contributed by atoms with Crippen LogP contribution in [-0.2, 0) is 11.4 Å². The average Bonchev–Trinajstić information content (AvgIpc) is 1.96. The lowest BCUT2D eigenvalue weighted by molar-refractivity contribution is 0.458. The molecule has 0 heterocycles. The van der Waals surface area contributed by atoms with E-state index < -0.39 is 11.4 Å². The van der Waals surface area contributed by atoms with Gasteiger partial charge >= 0.3 is 11.4 Å². The Labute approximate surface area is 81.7 Å². The first kappa shape index (κ1) is 9.80. The lowest BCUT2D eigenvalue weighted by Crippen LogP contribution is -1.97. The fraction of sp³-hybridized carbons (Fsp3) is 0. The first-order valence-electron chi connectivity index (χ1n) is 2.84. The molecule has 0 aliphatic rings. The molecule has 1 N–H and O–H groups in total. The van der Waals surface area contributed by atoms with Crippen molar-refractivity contribution in [1.29, 1.82) is 0 Å². The Bertz CT molecular complexity index is 316. The molecule has 0 aliphatic carbocycles. The summed E-state index contributed by atoms with van der Waals surface area (Å²) < 4.78 is 23.0. The van der Waals surface area contributed by atoms with E-state index >= 15 is 0 Å². The minimum Gasteiger partial charge on any atom is -0.378 e. The molecule has 0 saturated heterocycles. The zero-order valence-corrected chi connectivity index (χ0v) is 7.99. The molecule has 1 atom stereocenters. The zero-order valence-electron chi connectivity index (χ0n) is 5.66. The standard InChI is InChI=1S/C6H4Cl2O3S/c7-4-1-2-5(8)6(3-4)11-12(9)10/h1-3H,(H,9,10). The first-order valence-corrected chi connectivity index (χ1v) is 4.62. The van der Waals surface area contributed by atoms with Crippen molar-refractivity contribution < 1.29 is 12.9 Å². The maximum absolute atomic E-state index is 10.2. The summed E-state index contributed by atoms with van der Waals surface area (Å²) in [6, 6.07) is 4.39. The van der Waals surface area contributed by atoms with Crippen molar-refractivity contribution in [2.75, 3.05) is 0 Å². The quantitative estimate of drug-likeness (QED) is 0.789. The van der Waals surface area contributed by atoms with E-state index in [0.717, 1.165) is 0 Å². The van der Waals surface area contributed by atoms with Crippen molar-refractivity contribution in [3.63, 3.8) is 0 Å². The summed E-state index contributed by atoms with van der Waals surface area (Å²) in [5.74, 6) is 0.0880. The van der Waals surface area contributed by atoms with Crippen molar-refractivity contribution in [3.8, 4) is 5.75 Å². The Kier molecular flexibility index (Phi) is 3.34. The molecule has 0 amide bonds. The minimum absolute atomic E-state index is 0.0880. The van der Waals surface area contributed by atoms with Crippen molar-refractivity contribution in [1.82, 2.24) is 0 Å². The second-order valence-electron chi connectivity index (χ2n) is 1.88. The van der Waals surface area contributed by atoms with Gasteiger partial charge in [0, 0.05) is 11.1 Å². The van der Waals surface area contributed by atoms with E-state index in [0.29, 0.717) is 5.02 Å². The highest BCUT2D eigenvalue weighted by Crippen LogP contribution is 2.27. The highest BCUT2D eigenvalue weighted by Gasteiger charge is 2.04. The van der Waals surface area contributed by atoms with Crippen molar-refractivity contribution in [3.05, 3.63) is 28.2 Å². The third-order valence-corrected chi connectivity index (χ3v) is 1.92. The summed E-state index contributed by atoms with van der Waals surface area (Å²) in [5, 5.41) is 0.627. The molecule has 0 fully saturated rings. The predicted octanol–water partition coefficient (Wildman–Crippen LogP) is 2.51. The molecule has 0 radical (unpaired) electrons. The number of hydrogen-bond acceptors (Lipinski definition) is 2. The maximum atomic E-state index is 10.2. The summed E-state index contributed by atoms with van der Waals surface area (Å²) in [6.07, 6.45) is 0. The normalized spacial score (nSPS) is 12.6. The average molecular weight is 227 g/mol. The molecule has 0 aliphatic heterocycles. The van der Waals surface area contributed by atoms with E-state index in [1.807, 2.05) is 0 Å². The molecule has 6 heteroatoms. The summed E-state index contributed by atoms with van der Waals surface area (Å²) in [4.78, 5) is 0. The molecule has 0 aromatic heterocycles. The summed E-state index contributed by atoms with van der Waals surface area (Å²) in [5.41, 5.74) is 0. The minimum atomic E-state index is -2.38. The van der Waals surface area contributed by atoms with Crippen LogP contribution in [0, 0.1) is 0 Å². The highest BCUT2D eigenvalue weighted by molar-refractivity contribution is 7.74. The second-order valence-corrected chi connectivity index (χ2v) is 3.32. The number of benzene rings is 1. The van der Waals surface area contributed by atoms with Crippen LogP contribution in [0.1, 0.15) is 0 Å². The summed E-state index contributed by atoms with van der Waals surface area (Å²) in [6.45, 7) is 0. The van der Waals surface area contributed by atoms with Crippen molar-refractivity contribution in [2.45, 2.75) is 0 Å². The molecular weight excluding hydrogens is 223 g/mol. The van der Waals surface area contributed by atoms with E-state index in [1.165, 1.54) is 12.1 Å². The third kappa shape index (κ3) is 2.64. The first-order chi connectivity index (χ1) is 5.59. The van der Waals surface area contributed by atoms with Gasteiger partial charge in [-0.15, -0.1) is 0 Å². The van der Waals surface area contributed by atoms with Crippen LogP contribution in [-0.4, -0.2) is 8.76 Å². The van der Waals surface area contributed by atoms with Gasteiger partial charge in [0.15, 0.2) is 5.75 Å². The van der Waals surface area contributed by atoms with Crippen LogP contribution in [0.15, 0.2) is 18.2 Å². The van der Waals surface area contributed by atoms with Crippen molar-refractivity contribution >= 4 is 34.6 Å². The van der Waals surface area contributed by atoms with E-state index in [4.69, 9.17) is 27.8 Å². The van der Waals surface area contributed by atoms with Crippen molar-refractivity contribution in [2.24, 2.45) is 0 Å². The fourth-order valence-corrected chi connectivity index (χ4v) is 1.27. The van der Waals surface area contributed by atoms with Crippen LogP contribution in [0.3, 0.4) is 0 Å². The topological polar surface area (TPSA) is 46.5 Å². The molecule has 1 aromatic rings. The van der Waals surface area contributed by atoms with Gasteiger partial charge in [0.1, 0.15) is 0 Å². The molecule has 0 saturated carbocycles. The second kappa shape index (κ2) is 4.09. The lowest BCUT2D eigenvalue weighted by atomic mass is 10.3. The van der Waals surface area contributed by atoms with Gasteiger partial charge in [-0.25, -0.2) is 0 Å². The van der Waals surface area contributed by atoms with Gasteiger partial charge in [-0.05, 0) is 12.1 Å². The Morgan fingerprint density at radius 2 is 2.08 bits per heavy atom. The van der Waals surface area contributed by atoms with Crippen LogP contribution in [0.2, 0.25) is 10.0 Å². The smallest absolute Gasteiger partial charge is 0.357 e. The number of halogens is 2. The fourth-order valence-electron chi connectivity index (χ4n) is 0.618. The predicted molar refractivity (Wildman–Crippen MR) is 47.9 cm³/mol. The van der Waals surface area contributed by atoms with E-state index in [9.17, 15) is 4.21 Å². The Hall–Kier alpha value is -0.290. The lowest BCUT2D eigenvalue weighted by Gasteiger charge is -2.01. The van der Waals surface area contributed by atoms with Crippen LogP contribution in [0.4, 0.5) is 0 Å². The molecule has 1 aromatic carbocycles. The van der Waals surface area contributed by atoms with E-state index in [-0.39, 0.29) is 10.8 Å². The van der Waals surface area contributed by atoms with Gasteiger partial charge in [0.2, 0.25) is 0 Å². The molecule has 1 rings (SSSR count). The van der Waals surface area contributed by atoms with Crippen LogP contribution >= 0.6 is 23.2 Å². The van der Waals surface area contributed by atoms with Gasteiger partial charge in [0.25, 0.3) is 0 Å². The molecule has 66 valence electrons. The Morgan fingerprint density at radius 3 is 2.67 bits per heavy atom. The molecule has 3 nitrogen and oxygen atoms in total. The monoisotopic (exact) mass is 226 g/mol. The van der Waals surface area contributed by atoms with Gasteiger partial charge in [-0.3, -0.25) is 4.55 Å². The molecule has 1 unspecified atom stereocenters. The molecular formula is C6H4Cl2O3S. The summed E-state index contributed by atoms with van der Waals surface area (Å²) in [7, 11) is 0. The van der Waals surface area contributed by atoms with Gasteiger partial charge in [-0.1, -0.05) is 23.2 Å². The maximum Gasteiger partial charge on any atom is 0.357 e. The zero-order chi connectivity index (χ0) is 9.14. The van der Waals surface area contributed by atoms with Gasteiger partial charge in [0.05, 0.1) is 5.02 Å². The van der Waals surface area contributed by atoms with E-state index in [1.54, 1.807) is 6.07 Å². The number of hydrogen-bond donors (Lipinski definition) is 1. The molecule has 0 spiro atoms. The van der Waals surface area contributed by atoms with Gasteiger partial charge in [-0.2, -0.15) is 4.21 Å². The Morgan fingerprint density at radius 1 is 1.42 bits per heavy atom. The summed E-state index contributed by atoms with van der Waals surface area (Å²) >= 11 is 8.81. The number of rotatable bonds is 2. The highest BCUT2D eigenvalue weighted by atomic mass is 35.5. The van der Waals surface area contributed by atoms with E-state index in [2.05, 4.69) is 4.18 Å². The van der Waals surface area contributed by atoms with Crippen LogP contribution in [0.5, 0.6) is 5.75 Å².